The third-order valence-corrected chi connectivity index (χ3v) is 5.49. The number of esters is 1. The van der Waals surface area contributed by atoms with E-state index >= 15 is 0 Å². The van der Waals surface area contributed by atoms with E-state index in [1.807, 2.05) is 61.5 Å². The van der Waals surface area contributed by atoms with Crippen molar-refractivity contribution in [3.8, 4) is 0 Å². The van der Waals surface area contributed by atoms with Gasteiger partial charge in [-0.2, -0.15) is 0 Å². The molecule has 0 aliphatic heterocycles. The number of aromatic nitrogens is 2. The van der Waals surface area contributed by atoms with Crippen molar-refractivity contribution in [1.29, 1.82) is 0 Å². The van der Waals surface area contributed by atoms with Crippen molar-refractivity contribution in [3.63, 3.8) is 0 Å². The summed E-state index contributed by atoms with van der Waals surface area (Å²) in [7, 11) is 1.38. The largest absolute Gasteiger partial charge is 0.465 e. The summed E-state index contributed by atoms with van der Waals surface area (Å²) in [6, 6.07) is 17.9. The quantitative estimate of drug-likeness (QED) is 0.452. The van der Waals surface area contributed by atoms with E-state index in [9.17, 15) is 4.79 Å². The van der Waals surface area contributed by atoms with Gasteiger partial charge in [-0.25, -0.2) is 14.8 Å². The maximum atomic E-state index is 12.0. The smallest absolute Gasteiger partial charge is 0.348 e. The molecule has 0 fully saturated rings. The number of hydrogen-bond acceptors (Lipinski definition) is 7. The molecule has 6 nitrogen and oxygen atoms in total. The van der Waals surface area contributed by atoms with Crippen molar-refractivity contribution in [2.75, 3.05) is 17.7 Å². The highest BCUT2D eigenvalue weighted by molar-refractivity contribution is 7.20. The highest BCUT2D eigenvalue weighted by atomic mass is 32.1. The third kappa shape index (κ3) is 3.52. The Morgan fingerprint density at radius 3 is 2.25 bits per heavy atom. The molecule has 2 aromatic carbocycles. The fourth-order valence-electron chi connectivity index (χ4n) is 2.92. The first-order valence-electron chi connectivity index (χ1n) is 8.67. The summed E-state index contributed by atoms with van der Waals surface area (Å²) in [5.74, 6) is 0.306. The summed E-state index contributed by atoms with van der Waals surface area (Å²) in [6.07, 6.45) is 1.49. The Balaban J connectivity index is 1.60. The maximum absolute atomic E-state index is 12.0. The van der Waals surface area contributed by atoms with E-state index in [2.05, 4.69) is 20.6 Å². The molecule has 7 heteroatoms. The van der Waals surface area contributed by atoms with Crippen molar-refractivity contribution >= 4 is 50.4 Å². The Labute approximate surface area is 166 Å². The number of rotatable bonds is 5. The molecule has 0 spiro atoms. The van der Waals surface area contributed by atoms with Crippen molar-refractivity contribution in [1.82, 2.24) is 9.97 Å². The van der Waals surface area contributed by atoms with Gasteiger partial charge in [-0.3, -0.25) is 0 Å². The molecule has 0 saturated carbocycles. The van der Waals surface area contributed by atoms with Gasteiger partial charge in [-0.15, -0.1) is 11.3 Å². The number of carbonyl (C=O) groups excluding carboxylic acids is 1. The highest BCUT2D eigenvalue weighted by Crippen LogP contribution is 2.34. The minimum Gasteiger partial charge on any atom is -0.465 e. The van der Waals surface area contributed by atoms with Gasteiger partial charge >= 0.3 is 5.97 Å². The van der Waals surface area contributed by atoms with E-state index in [1.54, 1.807) is 0 Å². The predicted octanol–water partition coefficient (Wildman–Crippen LogP) is 5.27. The Bertz CT molecular complexity index is 1120. The summed E-state index contributed by atoms with van der Waals surface area (Å²) >= 11 is 1.31. The lowest BCUT2D eigenvalue weighted by Crippen LogP contribution is -2.00. The number of fused-ring (bicyclic) bond motifs is 1. The molecule has 0 aliphatic rings. The molecule has 4 rings (SSSR count). The SMILES string of the molecule is COC(=O)c1sc2ncnc(Nc3ccc(Nc4ccccc4)cc3)c2c1C. The van der Waals surface area contributed by atoms with E-state index in [-0.39, 0.29) is 5.97 Å². The molecule has 0 radical (unpaired) electrons. The van der Waals surface area contributed by atoms with Crippen LogP contribution in [-0.4, -0.2) is 23.0 Å². The van der Waals surface area contributed by atoms with Crippen molar-refractivity contribution in [2.45, 2.75) is 6.92 Å². The Morgan fingerprint density at radius 1 is 0.929 bits per heavy atom. The third-order valence-electron chi connectivity index (χ3n) is 4.31. The Kier molecular flexibility index (Phi) is 4.90. The fraction of sp³-hybridized carbons (Fsp3) is 0.0952. The normalized spacial score (nSPS) is 10.6. The highest BCUT2D eigenvalue weighted by Gasteiger charge is 2.19. The monoisotopic (exact) mass is 390 g/mol. The maximum Gasteiger partial charge on any atom is 0.348 e. The molecule has 4 aromatic rings. The minimum absolute atomic E-state index is 0.359. The standard InChI is InChI=1S/C21H18N4O2S/c1-13-17-19(22-12-23-20(17)28-18(13)21(26)27-2)25-16-10-8-15(9-11-16)24-14-6-4-3-5-7-14/h3-12,24H,1-2H3,(H,22,23,25). The van der Waals surface area contributed by atoms with Gasteiger partial charge in [0.2, 0.25) is 0 Å². The van der Waals surface area contributed by atoms with E-state index in [1.165, 1.54) is 24.8 Å². The van der Waals surface area contributed by atoms with E-state index < -0.39 is 0 Å². The average molecular weight is 390 g/mol. The second kappa shape index (κ2) is 7.66. The van der Waals surface area contributed by atoms with Crippen molar-refractivity contribution in [2.24, 2.45) is 0 Å². The van der Waals surface area contributed by atoms with Crippen LogP contribution >= 0.6 is 11.3 Å². The fourth-order valence-corrected chi connectivity index (χ4v) is 3.98. The van der Waals surface area contributed by atoms with Crippen LogP contribution < -0.4 is 10.6 Å². The lowest BCUT2D eigenvalue weighted by atomic mass is 10.2. The van der Waals surface area contributed by atoms with Crippen molar-refractivity contribution in [3.05, 3.63) is 71.4 Å². The zero-order valence-corrected chi connectivity index (χ0v) is 16.2. The summed E-state index contributed by atoms with van der Waals surface area (Å²) in [4.78, 5) is 21.9. The molecule has 2 N–H and O–H groups in total. The molecule has 140 valence electrons. The summed E-state index contributed by atoms with van der Waals surface area (Å²) in [5.41, 5.74) is 3.73. The van der Waals surface area contributed by atoms with E-state index in [0.717, 1.165) is 32.8 Å². The number of thiophene rings is 1. The molecule has 2 heterocycles. The first kappa shape index (κ1) is 17.9. The van der Waals surface area contributed by atoms with E-state index in [4.69, 9.17) is 4.74 Å². The zero-order chi connectivity index (χ0) is 19.5. The van der Waals surface area contributed by atoms with Gasteiger partial charge in [-0.05, 0) is 48.9 Å². The molecule has 0 atom stereocenters. The molecular formula is C21H18N4O2S. The lowest BCUT2D eigenvalue weighted by molar-refractivity contribution is 0.0605. The number of methoxy groups -OCH3 is 1. The molecule has 2 aromatic heterocycles. The first-order valence-corrected chi connectivity index (χ1v) is 9.49. The lowest BCUT2D eigenvalue weighted by Gasteiger charge is -2.10. The number of aryl methyl sites for hydroxylation is 1. The van der Waals surface area contributed by atoms with Gasteiger partial charge in [0.05, 0.1) is 12.5 Å². The number of ether oxygens (including phenoxy) is 1. The Morgan fingerprint density at radius 2 is 1.57 bits per heavy atom. The number of nitrogens with zero attached hydrogens (tertiary/aromatic N) is 2. The molecular weight excluding hydrogens is 372 g/mol. The van der Waals surface area contributed by atoms with Gasteiger partial charge in [-0.1, -0.05) is 18.2 Å². The summed E-state index contributed by atoms with van der Waals surface area (Å²) < 4.78 is 4.86. The second-order valence-electron chi connectivity index (χ2n) is 6.14. The zero-order valence-electron chi connectivity index (χ0n) is 15.4. The number of benzene rings is 2. The number of hydrogen-bond donors (Lipinski definition) is 2. The van der Waals surface area contributed by atoms with Crippen LogP contribution in [0.25, 0.3) is 10.2 Å². The number of carbonyl (C=O) groups is 1. The van der Waals surface area contributed by atoms with Crippen LogP contribution in [0.2, 0.25) is 0 Å². The van der Waals surface area contributed by atoms with Crippen LogP contribution in [0.3, 0.4) is 0 Å². The van der Waals surface area contributed by atoms with Crippen LogP contribution in [0, 0.1) is 6.92 Å². The van der Waals surface area contributed by atoms with Crippen LogP contribution in [-0.2, 0) is 4.74 Å². The molecule has 0 saturated heterocycles. The topological polar surface area (TPSA) is 76.1 Å². The summed E-state index contributed by atoms with van der Waals surface area (Å²) in [6.45, 7) is 1.88. The van der Waals surface area contributed by atoms with Crippen LogP contribution in [0.15, 0.2) is 60.9 Å². The molecule has 28 heavy (non-hydrogen) atoms. The van der Waals surface area contributed by atoms with E-state index in [0.29, 0.717) is 10.7 Å². The van der Waals surface area contributed by atoms with Gasteiger partial charge in [0.1, 0.15) is 21.9 Å². The average Bonchev–Trinajstić information content (AvgIpc) is 3.07. The van der Waals surface area contributed by atoms with Gasteiger partial charge in [0.25, 0.3) is 0 Å². The number of nitrogens with one attached hydrogen (secondary N) is 2. The van der Waals surface area contributed by atoms with Gasteiger partial charge in [0, 0.05) is 17.1 Å². The van der Waals surface area contributed by atoms with Gasteiger partial charge in [0.15, 0.2) is 0 Å². The van der Waals surface area contributed by atoms with Gasteiger partial charge < -0.3 is 15.4 Å². The van der Waals surface area contributed by atoms with Crippen LogP contribution in [0.5, 0.6) is 0 Å². The molecule has 0 unspecified atom stereocenters. The Hall–Kier alpha value is -3.45. The van der Waals surface area contributed by atoms with Crippen molar-refractivity contribution < 1.29 is 9.53 Å². The molecule has 0 amide bonds. The second-order valence-corrected chi connectivity index (χ2v) is 7.14. The number of para-hydroxylation sites is 1. The number of anilines is 4. The minimum atomic E-state index is -0.359. The summed E-state index contributed by atoms with van der Waals surface area (Å²) in [5, 5.41) is 7.51. The first-order chi connectivity index (χ1) is 13.7. The van der Waals surface area contributed by atoms with Crippen LogP contribution in [0.4, 0.5) is 22.9 Å². The van der Waals surface area contributed by atoms with Crippen LogP contribution in [0.1, 0.15) is 15.2 Å². The molecule has 0 aliphatic carbocycles. The molecule has 0 bridgehead atoms. The predicted molar refractivity (Wildman–Crippen MR) is 113 cm³/mol.